The minimum atomic E-state index is -1.15. The maximum absolute atomic E-state index is 14.1. The predicted octanol–water partition coefficient (Wildman–Crippen LogP) is 4.14. The zero-order valence-corrected chi connectivity index (χ0v) is 14.2. The normalized spacial score (nSPS) is 10.9. The highest BCUT2D eigenvalue weighted by atomic mass is 19.1. The molecule has 0 spiro atoms. The molecule has 2 heterocycles. The number of benzene rings is 2. The maximum atomic E-state index is 14.1. The summed E-state index contributed by atoms with van der Waals surface area (Å²) < 4.78 is 19.4. The zero-order chi connectivity index (χ0) is 19.0. The van der Waals surface area contributed by atoms with Gasteiger partial charge in [0.2, 0.25) is 0 Å². The predicted molar refractivity (Wildman–Crippen MR) is 98.2 cm³/mol. The number of ether oxygens (including phenoxy) is 1. The minimum Gasteiger partial charge on any atom is -0.497 e. The number of H-pyrrole nitrogens is 1. The molecule has 0 aliphatic rings. The van der Waals surface area contributed by atoms with Gasteiger partial charge in [0.15, 0.2) is 5.65 Å². The SMILES string of the molecule is COc1cccc(-c2[nH]nc3nc(-c4ccccc4F)cc(C(=O)O)c23)c1. The Balaban J connectivity index is 1.97. The molecule has 0 aliphatic heterocycles. The van der Waals surface area contributed by atoms with E-state index in [4.69, 9.17) is 4.74 Å². The summed E-state index contributed by atoms with van der Waals surface area (Å²) in [5.74, 6) is -1.00. The van der Waals surface area contributed by atoms with E-state index in [9.17, 15) is 14.3 Å². The Morgan fingerprint density at radius 2 is 1.96 bits per heavy atom. The highest BCUT2D eigenvalue weighted by molar-refractivity contribution is 6.08. The van der Waals surface area contributed by atoms with Gasteiger partial charge in [-0.1, -0.05) is 24.3 Å². The van der Waals surface area contributed by atoms with Gasteiger partial charge in [0.25, 0.3) is 0 Å². The molecule has 2 aromatic heterocycles. The number of aromatic amines is 1. The van der Waals surface area contributed by atoms with Crippen LogP contribution in [0.5, 0.6) is 5.75 Å². The third kappa shape index (κ3) is 2.89. The average Bonchev–Trinajstić information content (AvgIpc) is 3.11. The van der Waals surface area contributed by atoms with Gasteiger partial charge in [0.1, 0.15) is 11.6 Å². The largest absolute Gasteiger partial charge is 0.497 e. The van der Waals surface area contributed by atoms with Crippen molar-refractivity contribution >= 4 is 17.0 Å². The first-order valence-electron chi connectivity index (χ1n) is 8.10. The summed E-state index contributed by atoms with van der Waals surface area (Å²) in [6, 6.07) is 14.6. The number of hydrogen-bond donors (Lipinski definition) is 2. The van der Waals surface area contributed by atoms with Gasteiger partial charge in [-0.3, -0.25) is 5.10 Å². The number of pyridine rings is 1. The number of aromatic nitrogens is 3. The number of halogens is 1. The van der Waals surface area contributed by atoms with Gasteiger partial charge in [-0.2, -0.15) is 5.10 Å². The van der Waals surface area contributed by atoms with Gasteiger partial charge < -0.3 is 9.84 Å². The highest BCUT2D eigenvalue weighted by Crippen LogP contribution is 2.33. The fourth-order valence-electron chi connectivity index (χ4n) is 2.99. The third-order valence-electron chi connectivity index (χ3n) is 4.26. The molecule has 4 rings (SSSR count). The molecule has 0 fully saturated rings. The summed E-state index contributed by atoms with van der Waals surface area (Å²) in [5, 5.41) is 17.1. The number of carboxylic acid groups (broad SMARTS) is 1. The topological polar surface area (TPSA) is 88.1 Å². The van der Waals surface area contributed by atoms with Gasteiger partial charge in [0.05, 0.1) is 29.4 Å². The lowest BCUT2D eigenvalue weighted by Crippen LogP contribution is -2.01. The van der Waals surface area contributed by atoms with Gasteiger partial charge in [-0.25, -0.2) is 14.2 Å². The van der Waals surface area contributed by atoms with Crippen molar-refractivity contribution in [2.24, 2.45) is 0 Å². The van der Waals surface area contributed by atoms with Crippen LogP contribution in [0.3, 0.4) is 0 Å². The highest BCUT2D eigenvalue weighted by Gasteiger charge is 2.20. The molecule has 2 aromatic carbocycles. The van der Waals surface area contributed by atoms with Crippen LogP contribution in [0.4, 0.5) is 4.39 Å². The van der Waals surface area contributed by atoms with Crippen LogP contribution in [0.2, 0.25) is 0 Å². The maximum Gasteiger partial charge on any atom is 0.336 e. The summed E-state index contributed by atoms with van der Waals surface area (Å²) in [6.07, 6.45) is 0. The molecule has 4 aromatic rings. The van der Waals surface area contributed by atoms with E-state index < -0.39 is 11.8 Å². The Morgan fingerprint density at radius 1 is 1.15 bits per heavy atom. The molecule has 0 saturated carbocycles. The molecule has 0 aliphatic carbocycles. The van der Waals surface area contributed by atoms with Crippen molar-refractivity contribution < 1.29 is 19.0 Å². The molecule has 0 bridgehead atoms. The van der Waals surface area contributed by atoms with E-state index in [0.717, 1.165) is 0 Å². The zero-order valence-electron chi connectivity index (χ0n) is 14.2. The average molecular weight is 363 g/mol. The van der Waals surface area contributed by atoms with E-state index in [1.165, 1.54) is 12.1 Å². The summed E-state index contributed by atoms with van der Waals surface area (Å²) in [5.41, 5.74) is 1.83. The number of methoxy groups -OCH3 is 1. The van der Waals surface area contributed by atoms with E-state index in [0.29, 0.717) is 22.4 Å². The number of hydrogen-bond acceptors (Lipinski definition) is 4. The Labute approximate surface area is 153 Å². The monoisotopic (exact) mass is 363 g/mol. The van der Waals surface area contributed by atoms with Gasteiger partial charge in [-0.05, 0) is 30.3 Å². The second-order valence-electron chi connectivity index (χ2n) is 5.87. The number of fused-ring (bicyclic) bond motifs is 1. The van der Waals surface area contributed by atoms with Crippen molar-refractivity contribution in [3.05, 3.63) is 66.0 Å². The van der Waals surface area contributed by atoms with Crippen LogP contribution < -0.4 is 4.74 Å². The van der Waals surface area contributed by atoms with Crippen molar-refractivity contribution in [2.45, 2.75) is 0 Å². The van der Waals surface area contributed by atoms with Gasteiger partial charge in [0, 0.05) is 11.1 Å². The van der Waals surface area contributed by atoms with Crippen molar-refractivity contribution in [1.29, 1.82) is 0 Å². The van der Waals surface area contributed by atoms with E-state index in [2.05, 4.69) is 15.2 Å². The summed E-state index contributed by atoms with van der Waals surface area (Å²) >= 11 is 0. The smallest absolute Gasteiger partial charge is 0.336 e. The Bertz CT molecular complexity index is 1170. The molecule has 134 valence electrons. The van der Waals surface area contributed by atoms with Crippen LogP contribution in [-0.2, 0) is 0 Å². The van der Waals surface area contributed by atoms with E-state index in [-0.39, 0.29) is 22.5 Å². The fraction of sp³-hybridized carbons (Fsp3) is 0.0500. The lowest BCUT2D eigenvalue weighted by molar-refractivity contribution is 0.0699. The van der Waals surface area contributed by atoms with Crippen LogP contribution in [0, 0.1) is 5.82 Å². The van der Waals surface area contributed by atoms with Crippen LogP contribution in [0.1, 0.15) is 10.4 Å². The van der Waals surface area contributed by atoms with Crippen LogP contribution in [-0.4, -0.2) is 33.4 Å². The molecule has 0 saturated heterocycles. The lowest BCUT2D eigenvalue weighted by atomic mass is 10.0. The molecule has 0 atom stereocenters. The molecule has 7 heteroatoms. The van der Waals surface area contributed by atoms with Gasteiger partial charge >= 0.3 is 5.97 Å². The Hall–Kier alpha value is -3.74. The Morgan fingerprint density at radius 3 is 2.70 bits per heavy atom. The van der Waals surface area contributed by atoms with Crippen molar-refractivity contribution in [1.82, 2.24) is 15.2 Å². The van der Waals surface area contributed by atoms with Crippen molar-refractivity contribution in [3.63, 3.8) is 0 Å². The lowest BCUT2D eigenvalue weighted by Gasteiger charge is -2.07. The van der Waals surface area contributed by atoms with Crippen molar-refractivity contribution in [2.75, 3.05) is 7.11 Å². The van der Waals surface area contributed by atoms with E-state index in [1.54, 1.807) is 43.5 Å². The first-order valence-corrected chi connectivity index (χ1v) is 8.10. The van der Waals surface area contributed by atoms with Gasteiger partial charge in [-0.15, -0.1) is 0 Å². The summed E-state index contributed by atoms with van der Waals surface area (Å²) in [7, 11) is 1.55. The molecular weight excluding hydrogens is 349 g/mol. The third-order valence-corrected chi connectivity index (χ3v) is 4.26. The molecule has 0 radical (unpaired) electrons. The molecule has 6 nitrogen and oxygen atoms in total. The minimum absolute atomic E-state index is 0.00942. The number of carboxylic acids is 1. The molecule has 2 N–H and O–H groups in total. The standard InChI is InChI=1S/C20H14FN3O3/c1-27-12-6-4-5-11(9-12)18-17-14(20(25)26)10-16(22-19(17)24-23-18)13-7-2-3-8-15(13)21/h2-10H,1H3,(H,25,26)(H,22,23,24). The number of rotatable bonds is 4. The van der Waals surface area contributed by atoms with Crippen LogP contribution in [0.15, 0.2) is 54.6 Å². The second kappa shape index (κ2) is 6.53. The molecule has 0 amide bonds. The quantitative estimate of drug-likeness (QED) is 0.569. The number of nitrogens with zero attached hydrogens (tertiary/aromatic N) is 2. The fourth-order valence-corrected chi connectivity index (χ4v) is 2.99. The Kier molecular flexibility index (Phi) is 4.04. The van der Waals surface area contributed by atoms with Crippen LogP contribution >= 0.6 is 0 Å². The second-order valence-corrected chi connectivity index (χ2v) is 5.87. The molecule has 27 heavy (non-hydrogen) atoms. The summed E-state index contributed by atoms with van der Waals surface area (Å²) in [4.78, 5) is 16.3. The first kappa shape index (κ1) is 16.7. The summed E-state index contributed by atoms with van der Waals surface area (Å²) in [6.45, 7) is 0. The van der Waals surface area contributed by atoms with E-state index in [1.807, 2.05) is 6.07 Å². The number of nitrogens with one attached hydrogen (secondary N) is 1. The molecule has 0 unspecified atom stereocenters. The molecular formula is C20H14FN3O3. The van der Waals surface area contributed by atoms with Crippen molar-refractivity contribution in [3.8, 4) is 28.3 Å². The number of aromatic carboxylic acids is 1. The van der Waals surface area contributed by atoms with E-state index >= 15 is 0 Å². The van der Waals surface area contributed by atoms with Crippen LogP contribution in [0.25, 0.3) is 33.5 Å². The number of carbonyl (C=O) groups is 1. The first-order chi connectivity index (χ1) is 13.1.